The molecule has 0 fully saturated rings. The summed E-state index contributed by atoms with van der Waals surface area (Å²) in [5.41, 5.74) is 0.152. The zero-order valence-corrected chi connectivity index (χ0v) is 10.3. The molecule has 2 aromatic carbocycles. The molecule has 0 saturated carbocycles. The third-order valence-electron chi connectivity index (χ3n) is 2.59. The number of urea groups is 1. The molecular formula is C14H11F3N2O. The zero-order valence-electron chi connectivity index (χ0n) is 10.3. The molecule has 2 N–H and O–H groups in total. The van der Waals surface area contributed by atoms with Crippen LogP contribution in [0.3, 0.4) is 0 Å². The molecule has 6 heteroatoms. The quantitative estimate of drug-likeness (QED) is 0.888. The van der Waals surface area contributed by atoms with Crippen molar-refractivity contribution >= 4 is 11.7 Å². The predicted molar refractivity (Wildman–Crippen MR) is 68.6 cm³/mol. The summed E-state index contributed by atoms with van der Waals surface area (Å²) in [6.07, 6.45) is 0. The Morgan fingerprint density at radius 1 is 0.950 bits per heavy atom. The molecule has 0 atom stereocenters. The van der Waals surface area contributed by atoms with Gasteiger partial charge in [-0.25, -0.2) is 18.0 Å². The highest BCUT2D eigenvalue weighted by atomic mass is 19.1. The van der Waals surface area contributed by atoms with E-state index < -0.39 is 23.5 Å². The molecule has 0 aliphatic heterocycles. The van der Waals surface area contributed by atoms with Crippen molar-refractivity contribution in [2.75, 3.05) is 5.32 Å². The number of benzene rings is 2. The third-order valence-corrected chi connectivity index (χ3v) is 2.59. The lowest BCUT2D eigenvalue weighted by molar-refractivity contribution is 0.251. The topological polar surface area (TPSA) is 41.1 Å². The van der Waals surface area contributed by atoms with Crippen molar-refractivity contribution in [1.29, 1.82) is 0 Å². The maximum absolute atomic E-state index is 13.3. The van der Waals surface area contributed by atoms with Crippen LogP contribution in [-0.2, 0) is 6.54 Å². The minimum atomic E-state index is -0.730. The Bertz CT molecular complexity index is 594. The minimum absolute atomic E-state index is 0.221. The molecule has 0 spiro atoms. The van der Waals surface area contributed by atoms with Crippen molar-refractivity contribution < 1.29 is 18.0 Å². The van der Waals surface area contributed by atoms with Gasteiger partial charge in [0.1, 0.15) is 17.5 Å². The van der Waals surface area contributed by atoms with Crippen LogP contribution in [-0.4, -0.2) is 6.03 Å². The van der Waals surface area contributed by atoms with Crippen LogP contribution < -0.4 is 10.6 Å². The van der Waals surface area contributed by atoms with Crippen molar-refractivity contribution in [3.8, 4) is 0 Å². The molecule has 0 heterocycles. The Hall–Kier alpha value is -2.50. The lowest BCUT2D eigenvalue weighted by Crippen LogP contribution is -2.28. The van der Waals surface area contributed by atoms with Crippen LogP contribution in [0.2, 0.25) is 0 Å². The van der Waals surface area contributed by atoms with Crippen LogP contribution in [0.4, 0.5) is 23.7 Å². The van der Waals surface area contributed by atoms with Crippen molar-refractivity contribution in [2.24, 2.45) is 0 Å². The van der Waals surface area contributed by atoms with Gasteiger partial charge in [0.2, 0.25) is 0 Å². The van der Waals surface area contributed by atoms with Gasteiger partial charge in [0, 0.05) is 11.3 Å². The number of anilines is 1. The number of carbonyl (C=O) groups is 1. The lowest BCUT2D eigenvalue weighted by atomic mass is 10.2. The number of nitrogens with one attached hydrogen (secondary N) is 2. The second-order valence-electron chi connectivity index (χ2n) is 4.01. The van der Waals surface area contributed by atoms with Crippen molar-refractivity contribution in [2.45, 2.75) is 6.54 Å². The normalized spacial score (nSPS) is 10.2. The minimum Gasteiger partial charge on any atom is -0.334 e. The summed E-state index contributed by atoms with van der Waals surface area (Å²) in [4.78, 5) is 11.5. The summed E-state index contributed by atoms with van der Waals surface area (Å²) in [6, 6.07) is 7.94. The summed E-state index contributed by atoms with van der Waals surface area (Å²) < 4.78 is 39.3. The fraction of sp³-hybridized carbons (Fsp3) is 0.0714. The molecule has 0 aromatic heterocycles. The van der Waals surface area contributed by atoms with Crippen LogP contribution in [0.5, 0.6) is 0 Å². The third kappa shape index (κ3) is 3.50. The van der Waals surface area contributed by atoms with Crippen LogP contribution >= 0.6 is 0 Å². The van der Waals surface area contributed by atoms with Crippen LogP contribution in [0, 0.1) is 17.5 Å². The summed E-state index contributed by atoms with van der Waals surface area (Å²) in [7, 11) is 0. The number of amides is 2. The Morgan fingerprint density at radius 3 is 2.15 bits per heavy atom. The van der Waals surface area contributed by atoms with E-state index in [1.807, 2.05) is 0 Å². The molecule has 2 rings (SSSR count). The number of hydrogen-bond donors (Lipinski definition) is 2. The van der Waals surface area contributed by atoms with Gasteiger partial charge in [0.05, 0.1) is 6.54 Å². The van der Waals surface area contributed by atoms with E-state index in [1.54, 1.807) is 0 Å². The van der Waals surface area contributed by atoms with E-state index in [2.05, 4.69) is 10.6 Å². The highest BCUT2D eigenvalue weighted by Crippen LogP contribution is 2.12. The molecule has 2 aromatic rings. The van der Waals surface area contributed by atoms with Crippen LogP contribution in [0.25, 0.3) is 0 Å². The van der Waals surface area contributed by atoms with Crippen molar-refractivity contribution in [3.05, 3.63) is 65.5 Å². The fourth-order valence-corrected chi connectivity index (χ4v) is 1.58. The SMILES string of the molecule is O=C(NCc1c(F)cccc1F)Nc1ccc(F)cc1. The first kappa shape index (κ1) is 13.9. The van der Waals surface area contributed by atoms with E-state index in [-0.39, 0.29) is 12.1 Å². The van der Waals surface area contributed by atoms with E-state index in [4.69, 9.17) is 0 Å². The average Bonchev–Trinajstić information content (AvgIpc) is 2.41. The summed E-state index contributed by atoms with van der Waals surface area (Å²) in [5.74, 6) is -1.89. The van der Waals surface area contributed by atoms with Gasteiger partial charge in [0.15, 0.2) is 0 Å². The molecule has 2 amide bonds. The molecule has 3 nitrogen and oxygen atoms in total. The van der Waals surface area contributed by atoms with Crippen LogP contribution in [0.1, 0.15) is 5.56 Å². The van der Waals surface area contributed by atoms with Crippen LogP contribution in [0.15, 0.2) is 42.5 Å². The lowest BCUT2D eigenvalue weighted by Gasteiger charge is -2.09. The molecule has 104 valence electrons. The first-order chi connectivity index (χ1) is 9.56. The molecule has 0 bridgehead atoms. The maximum atomic E-state index is 13.3. The first-order valence-corrected chi connectivity index (χ1v) is 5.79. The van der Waals surface area contributed by atoms with Gasteiger partial charge in [-0.1, -0.05) is 6.07 Å². The zero-order chi connectivity index (χ0) is 14.5. The van der Waals surface area contributed by atoms with Gasteiger partial charge in [-0.15, -0.1) is 0 Å². The largest absolute Gasteiger partial charge is 0.334 e. The predicted octanol–water partition coefficient (Wildman–Crippen LogP) is 3.43. The first-order valence-electron chi connectivity index (χ1n) is 5.79. The molecule has 20 heavy (non-hydrogen) atoms. The van der Waals surface area contributed by atoms with E-state index in [0.717, 1.165) is 12.1 Å². The van der Waals surface area contributed by atoms with Crippen molar-refractivity contribution in [1.82, 2.24) is 5.32 Å². The Labute approximate surface area is 113 Å². The van der Waals surface area contributed by atoms with Gasteiger partial charge >= 0.3 is 6.03 Å². The number of carbonyl (C=O) groups excluding carboxylic acids is 1. The average molecular weight is 280 g/mol. The Balaban J connectivity index is 1.94. The second kappa shape index (κ2) is 6.10. The number of hydrogen-bond acceptors (Lipinski definition) is 1. The number of rotatable bonds is 3. The Morgan fingerprint density at radius 2 is 1.55 bits per heavy atom. The molecule has 0 unspecified atom stereocenters. The van der Waals surface area contributed by atoms with Gasteiger partial charge in [-0.2, -0.15) is 0 Å². The molecule has 0 aliphatic carbocycles. The van der Waals surface area contributed by atoms with Gasteiger partial charge in [-0.3, -0.25) is 0 Å². The van der Waals surface area contributed by atoms with E-state index in [0.29, 0.717) is 5.69 Å². The van der Waals surface area contributed by atoms with Gasteiger partial charge in [-0.05, 0) is 36.4 Å². The fourth-order valence-electron chi connectivity index (χ4n) is 1.58. The van der Waals surface area contributed by atoms with Gasteiger partial charge < -0.3 is 10.6 Å². The molecular weight excluding hydrogens is 269 g/mol. The van der Waals surface area contributed by atoms with E-state index in [9.17, 15) is 18.0 Å². The molecule has 0 radical (unpaired) electrons. The molecule has 0 saturated heterocycles. The summed E-state index contributed by atoms with van der Waals surface area (Å²) in [6.45, 7) is -0.286. The number of halogens is 3. The smallest absolute Gasteiger partial charge is 0.319 e. The van der Waals surface area contributed by atoms with E-state index in [1.165, 1.54) is 30.3 Å². The highest BCUT2D eigenvalue weighted by molar-refractivity contribution is 5.89. The molecule has 0 aliphatic rings. The standard InChI is InChI=1S/C14H11F3N2O/c15-9-4-6-10(7-5-9)19-14(20)18-8-11-12(16)2-1-3-13(11)17/h1-7H,8H2,(H2,18,19,20). The second-order valence-corrected chi connectivity index (χ2v) is 4.01. The highest BCUT2D eigenvalue weighted by Gasteiger charge is 2.09. The Kier molecular flexibility index (Phi) is 4.24. The van der Waals surface area contributed by atoms with E-state index >= 15 is 0 Å². The van der Waals surface area contributed by atoms with Crippen molar-refractivity contribution in [3.63, 3.8) is 0 Å². The summed E-state index contributed by atoms with van der Waals surface area (Å²) in [5, 5.41) is 4.74. The summed E-state index contributed by atoms with van der Waals surface area (Å²) >= 11 is 0. The van der Waals surface area contributed by atoms with Gasteiger partial charge in [0.25, 0.3) is 0 Å². The maximum Gasteiger partial charge on any atom is 0.319 e. The monoisotopic (exact) mass is 280 g/mol.